The number of hydrogen-bond acceptors (Lipinski definition) is 3. The van der Waals surface area contributed by atoms with E-state index in [4.69, 9.17) is 0 Å². The van der Waals surface area contributed by atoms with Crippen LogP contribution in [-0.2, 0) is 13.0 Å². The van der Waals surface area contributed by atoms with Crippen LogP contribution in [0.2, 0.25) is 0 Å². The summed E-state index contributed by atoms with van der Waals surface area (Å²) >= 11 is 1.78. The Morgan fingerprint density at radius 2 is 1.95 bits per heavy atom. The summed E-state index contributed by atoms with van der Waals surface area (Å²) in [5.74, 6) is 0.561. The number of benzene rings is 1. The first-order valence-electron chi connectivity index (χ1n) is 7.42. The minimum absolute atomic E-state index is 0.382. The highest BCUT2D eigenvalue weighted by Crippen LogP contribution is 2.22. The molecule has 1 aromatic carbocycles. The molecule has 0 amide bonds. The Balaban J connectivity index is 1.98. The second kappa shape index (κ2) is 7.55. The van der Waals surface area contributed by atoms with Crippen molar-refractivity contribution < 1.29 is 0 Å². The maximum Gasteiger partial charge on any atom is 0.0928 e. The van der Waals surface area contributed by atoms with Crippen molar-refractivity contribution in [2.75, 3.05) is 0 Å². The Labute approximate surface area is 126 Å². The minimum atomic E-state index is 0.382. The molecule has 0 fully saturated rings. The molecule has 0 radical (unpaired) electrons. The summed E-state index contributed by atoms with van der Waals surface area (Å²) in [6.45, 7) is 7.56. The summed E-state index contributed by atoms with van der Waals surface area (Å²) in [5, 5.41) is 7.09. The van der Waals surface area contributed by atoms with Crippen LogP contribution < -0.4 is 5.32 Å². The lowest BCUT2D eigenvalue weighted by atomic mass is 9.96. The van der Waals surface area contributed by atoms with Gasteiger partial charge in [-0.25, -0.2) is 4.98 Å². The van der Waals surface area contributed by atoms with Gasteiger partial charge in [0.05, 0.1) is 10.7 Å². The van der Waals surface area contributed by atoms with Gasteiger partial charge >= 0.3 is 0 Å². The molecule has 2 aromatic rings. The van der Waals surface area contributed by atoms with Crippen molar-refractivity contribution >= 4 is 11.3 Å². The molecule has 1 aromatic heterocycles. The van der Waals surface area contributed by atoms with Crippen LogP contribution in [0, 0.1) is 5.92 Å². The molecule has 20 heavy (non-hydrogen) atoms. The van der Waals surface area contributed by atoms with E-state index in [2.05, 4.69) is 66.8 Å². The van der Waals surface area contributed by atoms with Crippen molar-refractivity contribution in [3.05, 3.63) is 52.0 Å². The highest BCUT2D eigenvalue weighted by molar-refractivity contribution is 7.09. The largest absolute Gasteiger partial charge is 0.304 e. The van der Waals surface area contributed by atoms with E-state index in [-0.39, 0.29) is 0 Å². The smallest absolute Gasteiger partial charge is 0.0928 e. The monoisotopic (exact) mass is 288 g/mol. The average molecular weight is 288 g/mol. The van der Waals surface area contributed by atoms with Gasteiger partial charge in [-0.2, -0.15) is 0 Å². The van der Waals surface area contributed by atoms with Crippen molar-refractivity contribution in [3.63, 3.8) is 0 Å². The van der Waals surface area contributed by atoms with Gasteiger partial charge in [0.2, 0.25) is 0 Å². The predicted molar refractivity (Wildman–Crippen MR) is 87.0 cm³/mol. The van der Waals surface area contributed by atoms with E-state index < -0.39 is 0 Å². The van der Waals surface area contributed by atoms with E-state index in [1.54, 1.807) is 11.3 Å². The van der Waals surface area contributed by atoms with Gasteiger partial charge < -0.3 is 5.32 Å². The molecule has 3 heteroatoms. The van der Waals surface area contributed by atoms with E-state index in [1.807, 2.05) is 0 Å². The van der Waals surface area contributed by atoms with Gasteiger partial charge in [-0.1, -0.05) is 51.1 Å². The fraction of sp³-hybridized carbons (Fsp3) is 0.471. The summed E-state index contributed by atoms with van der Waals surface area (Å²) in [4.78, 5) is 4.68. The maximum absolute atomic E-state index is 4.68. The van der Waals surface area contributed by atoms with Crippen LogP contribution in [0.15, 0.2) is 35.7 Å². The van der Waals surface area contributed by atoms with E-state index in [1.165, 1.54) is 22.7 Å². The number of thiazole rings is 1. The average Bonchev–Trinajstić information content (AvgIpc) is 2.88. The molecule has 0 saturated heterocycles. The van der Waals surface area contributed by atoms with Crippen molar-refractivity contribution in [1.29, 1.82) is 0 Å². The molecule has 2 rings (SSSR count). The van der Waals surface area contributed by atoms with E-state index in [0.29, 0.717) is 12.0 Å². The lowest BCUT2D eigenvalue weighted by Gasteiger charge is -2.22. The fourth-order valence-electron chi connectivity index (χ4n) is 2.37. The normalized spacial score (nSPS) is 12.8. The Hall–Kier alpha value is -1.19. The highest BCUT2D eigenvalue weighted by Gasteiger charge is 2.15. The van der Waals surface area contributed by atoms with Crippen LogP contribution in [0.4, 0.5) is 0 Å². The van der Waals surface area contributed by atoms with Crippen LogP contribution in [0.1, 0.15) is 49.5 Å². The first-order chi connectivity index (χ1) is 9.70. The lowest BCUT2D eigenvalue weighted by molar-refractivity contribution is 0.409. The van der Waals surface area contributed by atoms with Gasteiger partial charge in [-0.3, -0.25) is 0 Å². The van der Waals surface area contributed by atoms with E-state index in [9.17, 15) is 0 Å². The summed E-state index contributed by atoms with van der Waals surface area (Å²) in [6, 6.07) is 11.1. The van der Waals surface area contributed by atoms with Gasteiger partial charge in [0, 0.05) is 18.0 Å². The standard InChI is InChI=1S/C17H24N2S/c1-4-8-16-19-15(12-20-16)11-18-17(13(2)3)14-9-6-5-7-10-14/h5-7,9-10,12-13,17-18H,4,8,11H2,1-3H3. The Morgan fingerprint density at radius 1 is 1.20 bits per heavy atom. The first-order valence-corrected chi connectivity index (χ1v) is 8.30. The third-order valence-corrected chi connectivity index (χ3v) is 4.35. The summed E-state index contributed by atoms with van der Waals surface area (Å²) in [5.41, 5.74) is 2.52. The third kappa shape index (κ3) is 4.15. The first kappa shape index (κ1) is 15.2. The fourth-order valence-corrected chi connectivity index (χ4v) is 3.27. The highest BCUT2D eigenvalue weighted by atomic mass is 32.1. The molecular weight excluding hydrogens is 264 g/mol. The van der Waals surface area contributed by atoms with Crippen LogP contribution in [0.3, 0.4) is 0 Å². The number of aryl methyl sites for hydroxylation is 1. The van der Waals surface area contributed by atoms with Crippen LogP contribution in [0.5, 0.6) is 0 Å². The maximum atomic E-state index is 4.68. The molecule has 0 aliphatic carbocycles. The molecule has 0 bridgehead atoms. The molecule has 0 spiro atoms. The quantitative estimate of drug-likeness (QED) is 0.806. The Kier molecular flexibility index (Phi) is 5.74. The van der Waals surface area contributed by atoms with Gasteiger partial charge in [-0.05, 0) is 24.3 Å². The zero-order valence-electron chi connectivity index (χ0n) is 12.6. The Morgan fingerprint density at radius 3 is 2.60 bits per heavy atom. The zero-order valence-corrected chi connectivity index (χ0v) is 13.4. The number of hydrogen-bond donors (Lipinski definition) is 1. The minimum Gasteiger partial charge on any atom is -0.304 e. The van der Waals surface area contributed by atoms with Crippen LogP contribution in [-0.4, -0.2) is 4.98 Å². The molecule has 0 aliphatic heterocycles. The van der Waals surface area contributed by atoms with Crippen molar-refractivity contribution in [2.24, 2.45) is 5.92 Å². The molecule has 1 unspecified atom stereocenters. The Bertz CT molecular complexity index is 505. The second-order valence-electron chi connectivity index (χ2n) is 5.50. The van der Waals surface area contributed by atoms with E-state index in [0.717, 1.165) is 13.0 Å². The van der Waals surface area contributed by atoms with Crippen molar-refractivity contribution in [1.82, 2.24) is 10.3 Å². The molecule has 1 atom stereocenters. The zero-order chi connectivity index (χ0) is 14.4. The van der Waals surface area contributed by atoms with Gasteiger partial charge in [-0.15, -0.1) is 11.3 Å². The molecule has 1 heterocycles. The molecule has 1 N–H and O–H groups in total. The molecular formula is C17H24N2S. The number of nitrogens with zero attached hydrogens (tertiary/aromatic N) is 1. The number of nitrogens with one attached hydrogen (secondary N) is 1. The predicted octanol–water partition coefficient (Wildman–Crippen LogP) is 4.58. The topological polar surface area (TPSA) is 24.9 Å². The van der Waals surface area contributed by atoms with Gasteiger partial charge in [0.25, 0.3) is 0 Å². The summed E-state index contributed by atoms with van der Waals surface area (Å²) in [7, 11) is 0. The third-order valence-electron chi connectivity index (χ3n) is 3.39. The van der Waals surface area contributed by atoms with Crippen molar-refractivity contribution in [3.8, 4) is 0 Å². The second-order valence-corrected chi connectivity index (χ2v) is 6.44. The summed E-state index contributed by atoms with van der Waals surface area (Å²) < 4.78 is 0. The van der Waals surface area contributed by atoms with Crippen LogP contribution >= 0.6 is 11.3 Å². The van der Waals surface area contributed by atoms with E-state index >= 15 is 0 Å². The molecule has 0 aliphatic rings. The van der Waals surface area contributed by atoms with Crippen molar-refractivity contribution in [2.45, 2.75) is 46.2 Å². The number of rotatable bonds is 7. The molecule has 2 nitrogen and oxygen atoms in total. The summed E-state index contributed by atoms with van der Waals surface area (Å²) in [6.07, 6.45) is 2.26. The van der Waals surface area contributed by atoms with Gasteiger partial charge in [0.1, 0.15) is 0 Å². The number of aromatic nitrogens is 1. The molecule has 108 valence electrons. The SMILES string of the molecule is CCCc1nc(CNC(c2ccccc2)C(C)C)cs1. The van der Waals surface area contributed by atoms with Gasteiger partial charge in [0.15, 0.2) is 0 Å². The van der Waals surface area contributed by atoms with Crippen LogP contribution in [0.25, 0.3) is 0 Å². The molecule has 0 saturated carbocycles. The lowest BCUT2D eigenvalue weighted by Crippen LogP contribution is -2.25.